The molecule has 1 aromatic rings. The summed E-state index contributed by atoms with van der Waals surface area (Å²) < 4.78 is 5.62. The molecule has 0 saturated heterocycles. The molecule has 0 fully saturated rings. The van der Waals surface area contributed by atoms with Gasteiger partial charge in [-0.05, 0) is 50.3 Å². The molecule has 0 aliphatic rings. The van der Waals surface area contributed by atoms with E-state index in [1.165, 1.54) is 0 Å². The number of amides is 1. The van der Waals surface area contributed by atoms with Gasteiger partial charge in [-0.3, -0.25) is 9.59 Å². The molecule has 0 unspecified atom stereocenters. The minimum absolute atomic E-state index is 0.000260. The second-order valence-corrected chi connectivity index (χ2v) is 5.51. The molecule has 0 aromatic heterocycles. The van der Waals surface area contributed by atoms with E-state index in [9.17, 15) is 9.59 Å². The third-order valence-corrected chi connectivity index (χ3v) is 3.82. The molecule has 0 heterocycles. The van der Waals surface area contributed by atoms with Gasteiger partial charge in [-0.2, -0.15) is 0 Å². The Morgan fingerprint density at radius 3 is 2.48 bits per heavy atom. The van der Waals surface area contributed by atoms with Gasteiger partial charge in [0.1, 0.15) is 5.75 Å². The fourth-order valence-corrected chi connectivity index (χ4v) is 2.44. The molecule has 1 amide bonds. The number of carbonyl (C=O) groups excluding carboxylic acids is 1. The number of benzene rings is 1. The maximum Gasteiger partial charge on any atom is 0.303 e. The summed E-state index contributed by atoms with van der Waals surface area (Å²) in [7, 11) is 0. The third-order valence-electron chi connectivity index (χ3n) is 3.82. The quantitative estimate of drug-likeness (QED) is 0.686. The van der Waals surface area contributed by atoms with Crippen molar-refractivity contribution < 1.29 is 19.4 Å². The van der Waals surface area contributed by atoms with Gasteiger partial charge >= 0.3 is 5.97 Å². The van der Waals surface area contributed by atoms with Gasteiger partial charge in [0.05, 0.1) is 12.3 Å². The van der Waals surface area contributed by atoms with Crippen LogP contribution in [0.5, 0.6) is 5.75 Å². The Hall–Kier alpha value is -2.04. The molecule has 5 heteroatoms. The molecule has 23 heavy (non-hydrogen) atoms. The third kappa shape index (κ3) is 6.30. The fraction of sp³-hybridized carbons (Fsp3) is 0.556. The largest absolute Gasteiger partial charge is 0.492 e. The van der Waals surface area contributed by atoms with Crippen LogP contribution in [0.25, 0.3) is 0 Å². The molecule has 0 aliphatic heterocycles. The highest BCUT2D eigenvalue weighted by atomic mass is 16.5. The topological polar surface area (TPSA) is 75.6 Å². The first-order chi connectivity index (χ1) is 11.0. The van der Waals surface area contributed by atoms with Crippen molar-refractivity contribution in [2.24, 2.45) is 5.92 Å². The summed E-state index contributed by atoms with van der Waals surface area (Å²) in [4.78, 5) is 22.8. The van der Waals surface area contributed by atoms with Crippen molar-refractivity contribution in [3.63, 3.8) is 0 Å². The van der Waals surface area contributed by atoms with Crippen LogP contribution in [-0.2, 0) is 16.0 Å². The van der Waals surface area contributed by atoms with Crippen molar-refractivity contribution >= 4 is 17.6 Å². The van der Waals surface area contributed by atoms with Crippen LogP contribution < -0.4 is 10.1 Å². The maximum atomic E-state index is 12.2. The number of ether oxygens (including phenoxy) is 1. The highest BCUT2D eigenvalue weighted by Gasteiger charge is 2.16. The van der Waals surface area contributed by atoms with Crippen LogP contribution in [0.2, 0.25) is 0 Å². The Bertz CT molecular complexity index is 524. The molecule has 5 nitrogen and oxygen atoms in total. The van der Waals surface area contributed by atoms with Crippen LogP contribution in [0, 0.1) is 5.92 Å². The Morgan fingerprint density at radius 1 is 1.22 bits per heavy atom. The molecule has 2 N–H and O–H groups in total. The zero-order valence-electron chi connectivity index (χ0n) is 14.2. The van der Waals surface area contributed by atoms with Crippen molar-refractivity contribution in [3.8, 4) is 5.75 Å². The molecule has 1 rings (SSSR count). The number of hydrogen-bond acceptors (Lipinski definition) is 3. The minimum atomic E-state index is -0.788. The Balaban J connectivity index is 2.82. The molecule has 128 valence electrons. The predicted molar refractivity (Wildman–Crippen MR) is 90.9 cm³/mol. The van der Waals surface area contributed by atoms with Gasteiger partial charge in [-0.1, -0.05) is 19.9 Å². The van der Waals surface area contributed by atoms with Gasteiger partial charge in [0, 0.05) is 12.3 Å². The zero-order chi connectivity index (χ0) is 17.2. The van der Waals surface area contributed by atoms with Crippen LogP contribution in [0.1, 0.15) is 52.0 Å². The molecule has 0 radical (unpaired) electrons. The molecular formula is C18H27NO4. The molecule has 0 saturated carbocycles. The summed E-state index contributed by atoms with van der Waals surface area (Å²) in [6.07, 6.45) is 3.02. The van der Waals surface area contributed by atoms with Crippen LogP contribution in [0.15, 0.2) is 18.2 Å². The molecular weight excluding hydrogens is 294 g/mol. The van der Waals surface area contributed by atoms with E-state index in [0.717, 1.165) is 18.4 Å². The van der Waals surface area contributed by atoms with Gasteiger partial charge in [0.2, 0.25) is 5.91 Å². The highest BCUT2D eigenvalue weighted by molar-refractivity contribution is 5.94. The Labute approximate surface area is 138 Å². The lowest BCUT2D eigenvalue weighted by Crippen LogP contribution is -2.22. The first kappa shape index (κ1) is 19.0. The van der Waals surface area contributed by atoms with Crippen LogP contribution in [0.3, 0.4) is 0 Å². The van der Waals surface area contributed by atoms with Gasteiger partial charge < -0.3 is 15.2 Å². The predicted octanol–water partition coefficient (Wildman–Crippen LogP) is 3.87. The summed E-state index contributed by atoms with van der Waals surface area (Å²) >= 11 is 0. The summed E-state index contributed by atoms with van der Waals surface area (Å²) in [6.45, 7) is 6.40. The standard InChI is InChI=1S/C18H27NO4/c1-4-14(5-2)18(22)19-15-11-10-13(8-7-9-17(20)21)12-16(15)23-6-3/h10-12,14H,4-9H2,1-3H3,(H,19,22)(H,20,21). The second kappa shape index (κ2) is 9.87. The number of hydrogen-bond donors (Lipinski definition) is 2. The molecule has 0 bridgehead atoms. The van der Waals surface area contributed by atoms with Crippen molar-refractivity contribution in [1.82, 2.24) is 0 Å². The highest BCUT2D eigenvalue weighted by Crippen LogP contribution is 2.28. The van der Waals surface area contributed by atoms with E-state index in [2.05, 4.69) is 5.32 Å². The van der Waals surface area contributed by atoms with E-state index in [-0.39, 0.29) is 18.2 Å². The SMILES string of the molecule is CCOc1cc(CCCC(=O)O)ccc1NC(=O)C(CC)CC. The zero-order valence-corrected chi connectivity index (χ0v) is 14.2. The number of carboxylic acid groups (broad SMARTS) is 1. The molecule has 0 atom stereocenters. The number of carbonyl (C=O) groups is 2. The van der Waals surface area contributed by atoms with E-state index in [1.54, 1.807) is 0 Å². The summed E-state index contributed by atoms with van der Waals surface area (Å²) in [5.41, 5.74) is 1.68. The van der Waals surface area contributed by atoms with Crippen molar-refractivity contribution in [3.05, 3.63) is 23.8 Å². The number of aryl methyl sites for hydroxylation is 1. The van der Waals surface area contributed by atoms with E-state index in [0.29, 0.717) is 30.9 Å². The Morgan fingerprint density at radius 2 is 1.91 bits per heavy atom. The van der Waals surface area contributed by atoms with Crippen LogP contribution in [-0.4, -0.2) is 23.6 Å². The van der Waals surface area contributed by atoms with Crippen molar-refractivity contribution in [2.45, 2.75) is 52.9 Å². The van der Waals surface area contributed by atoms with Crippen molar-refractivity contribution in [1.29, 1.82) is 0 Å². The number of carboxylic acids is 1. The number of anilines is 1. The second-order valence-electron chi connectivity index (χ2n) is 5.51. The summed E-state index contributed by atoms with van der Waals surface area (Å²) in [5.74, 6) is -0.141. The fourth-order valence-electron chi connectivity index (χ4n) is 2.44. The van der Waals surface area contributed by atoms with Crippen LogP contribution in [0.4, 0.5) is 5.69 Å². The number of rotatable bonds is 10. The molecule has 1 aromatic carbocycles. The van der Waals surface area contributed by atoms with Gasteiger partial charge in [-0.25, -0.2) is 0 Å². The summed E-state index contributed by atoms with van der Waals surface area (Å²) in [5, 5.41) is 11.6. The van der Waals surface area contributed by atoms with Gasteiger partial charge in [0.25, 0.3) is 0 Å². The van der Waals surface area contributed by atoms with E-state index >= 15 is 0 Å². The molecule has 0 spiro atoms. The number of nitrogens with one attached hydrogen (secondary N) is 1. The number of aliphatic carboxylic acids is 1. The van der Waals surface area contributed by atoms with Crippen LogP contribution >= 0.6 is 0 Å². The minimum Gasteiger partial charge on any atom is -0.492 e. The lowest BCUT2D eigenvalue weighted by molar-refractivity contribution is -0.137. The lowest BCUT2D eigenvalue weighted by Gasteiger charge is -2.16. The first-order valence-corrected chi connectivity index (χ1v) is 8.30. The lowest BCUT2D eigenvalue weighted by atomic mass is 10.0. The van der Waals surface area contributed by atoms with Crippen molar-refractivity contribution in [2.75, 3.05) is 11.9 Å². The average Bonchev–Trinajstić information content (AvgIpc) is 2.51. The average molecular weight is 321 g/mol. The van der Waals surface area contributed by atoms with E-state index < -0.39 is 5.97 Å². The van der Waals surface area contributed by atoms with E-state index in [4.69, 9.17) is 9.84 Å². The summed E-state index contributed by atoms with van der Waals surface area (Å²) in [6, 6.07) is 5.63. The maximum absolute atomic E-state index is 12.2. The van der Waals surface area contributed by atoms with E-state index in [1.807, 2.05) is 39.0 Å². The van der Waals surface area contributed by atoms with Gasteiger partial charge in [-0.15, -0.1) is 0 Å². The monoisotopic (exact) mass is 321 g/mol. The smallest absolute Gasteiger partial charge is 0.303 e. The normalized spacial score (nSPS) is 10.6. The first-order valence-electron chi connectivity index (χ1n) is 8.30. The molecule has 0 aliphatic carbocycles. The van der Waals surface area contributed by atoms with Gasteiger partial charge in [0.15, 0.2) is 0 Å². The Kier molecular flexibility index (Phi) is 8.16.